The van der Waals surface area contributed by atoms with Crippen molar-refractivity contribution in [3.8, 4) is 11.5 Å². The van der Waals surface area contributed by atoms with Gasteiger partial charge in [-0.15, -0.1) is 0 Å². The summed E-state index contributed by atoms with van der Waals surface area (Å²) in [6.45, 7) is 4.51. The fourth-order valence-electron chi connectivity index (χ4n) is 2.88. The average molecular weight is 375 g/mol. The molecule has 28 heavy (non-hydrogen) atoms. The number of hydrogen-bond donors (Lipinski definition) is 2. The van der Waals surface area contributed by atoms with Gasteiger partial charge in [-0.25, -0.2) is 4.98 Å². The standard InChI is InChI=1S/C22H21N3O3/c1-14(2)15-3-6-17(7-4-15)25-22(26)16-5-10-21(23-12-16)24-18-8-9-19-20(11-18)28-13-27-19/h3-12,14H,13H2,1-2H3,(H,23,24)(H,25,26). The molecule has 0 radical (unpaired) electrons. The number of benzene rings is 2. The summed E-state index contributed by atoms with van der Waals surface area (Å²) in [6.07, 6.45) is 1.55. The van der Waals surface area contributed by atoms with Gasteiger partial charge in [0.05, 0.1) is 5.56 Å². The maximum atomic E-state index is 12.4. The molecule has 0 atom stereocenters. The molecule has 6 nitrogen and oxygen atoms in total. The molecule has 1 aromatic heterocycles. The number of carbonyl (C=O) groups is 1. The van der Waals surface area contributed by atoms with Gasteiger partial charge in [0.2, 0.25) is 6.79 Å². The van der Waals surface area contributed by atoms with Gasteiger partial charge >= 0.3 is 0 Å². The van der Waals surface area contributed by atoms with E-state index in [4.69, 9.17) is 9.47 Å². The Balaban J connectivity index is 1.40. The van der Waals surface area contributed by atoms with Crippen LogP contribution in [0.5, 0.6) is 11.5 Å². The molecule has 2 heterocycles. The monoisotopic (exact) mass is 375 g/mol. The highest BCUT2D eigenvalue weighted by molar-refractivity contribution is 6.04. The largest absolute Gasteiger partial charge is 0.454 e. The second-order valence-electron chi connectivity index (χ2n) is 6.86. The first-order valence-corrected chi connectivity index (χ1v) is 9.12. The normalized spacial score (nSPS) is 12.1. The number of nitrogens with one attached hydrogen (secondary N) is 2. The lowest BCUT2D eigenvalue weighted by molar-refractivity contribution is 0.102. The number of amides is 1. The van der Waals surface area contributed by atoms with E-state index in [-0.39, 0.29) is 12.7 Å². The zero-order chi connectivity index (χ0) is 19.5. The molecule has 0 bridgehead atoms. The summed E-state index contributed by atoms with van der Waals surface area (Å²) in [7, 11) is 0. The van der Waals surface area contributed by atoms with Crippen molar-refractivity contribution < 1.29 is 14.3 Å². The Morgan fingerprint density at radius 1 is 0.964 bits per heavy atom. The van der Waals surface area contributed by atoms with Gasteiger partial charge in [0.1, 0.15) is 5.82 Å². The highest BCUT2D eigenvalue weighted by Crippen LogP contribution is 2.34. The zero-order valence-electron chi connectivity index (χ0n) is 15.7. The molecule has 142 valence electrons. The van der Waals surface area contributed by atoms with Crippen molar-refractivity contribution in [2.75, 3.05) is 17.4 Å². The number of hydrogen-bond acceptors (Lipinski definition) is 5. The van der Waals surface area contributed by atoms with E-state index in [9.17, 15) is 4.79 Å². The Morgan fingerprint density at radius 2 is 1.71 bits per heavy atom. The average Bonchev–Trinajstić information content (AvgIpc) is 3.17. The van der Waals surface area contributed by atoms with Crippen molar-refractivity contribution in [2.24, 2.45) is 0 Å². The number of pyridine rings is 1. The summed E-state index contributed by atoms with van der Waals surface area (Å²) in [5.74, 6) is 2.33. The van der Waals surface area contributed by atoms with E-state index in [2.05, 4.69) is 29.5 Å². The van der Waals surface area contributed by atoms with Crippen molar-refractivity contribution in [3.63, 3.8) is 0 Å². The first-order valence-electron chi connectivity index (χ1n) is 9.12. The summed E-state index contributed by atoms with van der Waals surface area (Å²) >= 11 is 0. The van der Waals surface area contributed by atoms with Gasteiger partial charge in [0, 0.05) is 23.6 Å². The molecule has 6 heteroatoms. The van der Waals surface area contributed by atoms with Crippen LogP contribution in [0.25, 0.3) is 0 Å². The maximum Gasteiger partial charge on any atom is 0.257 e. The minimum absolute atomic E-state index is 0.195. The molecular weight excluding hydrogens is 354 g/mol. The van der Waals surface area contributed by atoms with Crippen LogP contribution < -0.4 is 20.1 Å². The van der Waals surface area contributed by atoms with Gasteiger partial charge in [0.25, 0.3) is 5.91 Å². The van der Waals surface area contributed by atoms with E-state index in [1.54, 1.807) is 18.3 Å². The van der Waals surface area contributed by atoms with Crippen LogP contribution in [0.4, 0.5) is 17.2 Å². The molecular formula is C22H21N3O3. The molecule has 0 saturated carbocycles. The number of aromatic nitrogens is 1. The van der Waals surface area contributed by atoms with E-state index < -0.39 is 0 Å². The smallest absolute Gasteiger partial charge is 0.257 e. The van der Waals surface area contributed by atoms with Crippen LogP contribution in [0, 0.1) is 0 Å². The Hall–Kier alpha value is -3.54. The van der Waals surface area contributed by atoms with Gasteiger partial charge in [-0.3, -0.25) is 4.79 Å². The first kappa shape index (κ1) is 17.9. The lowest BCUT2D eigenvalue weighted by atomic mass is 10.0. The summed E-state index contributed by atoms with van der Waals surface area (Å²) in [5, 5.41) is 6.08. The Kier molecular flexibility index (Phi) is 4.85. The summed E-state index contributed by atoms with van der Waals surface area (Å²) in [6, 6.07) is 17.0. The van der Waals surface area contributed by atoms with Crippen LogP contribution >= 0.6 is 0 Å². The van der Waals surface area contributed by atoms with Crippen LogP contribution in [0.3, 0.4) is 0 Å². The second-order valence-corrected chi connectivity index (χ2v) is 6.86. The summed E-state index contributed by atoms with van der Waals surface area (Å²) in [4.78, 5) is 16.8. The number of fused-ring (bicyclic) bond motifs is 1. The molecule has 1 aliphatic heterocycles. The minimum Gasteiger partial charge on any atom is -0.454 e. The van der Waals surface area contributed by atoms with Crippen molar-refractivity contribution in [2.45, 2.75) is 19.8 Å². The number of rotatable bonds is 5. The topological polar surface area (TPSA) is 72.5 Å². The molecule has 0 spiro atoms. The van der Waals surface area contributed by atoms with Crippen LogP contribution in [-0.4, -0.2) is 17.7 Å². The van der Waals surface area contributed by atoms with Crippen LogP contribution in [0.1, 0.15) is 35.7 Å². The summed E-state index contributed by atoms with van der Waals surface area (Å²) < 4.78 is 10.7. The van der Waals surface area contributed by atoms with E-state index in [0.29, 0.717) is 23.0 Å². The molecule has 0 saturated heterocycles. The van der Waals surface area contributed by atoms with Gasteiger partial charge in [0.15, 0.2) is 11.5 Å². The van der Waals surface area contributed by atoms with E-state index in [0.717, 1.165) is 17.1 Å². The molecule has 1 amide bonds. The fraction of sp³-hybridized carbons (Fsp3) is 0.182. The molecule has 2 aromatic carbocycles. The summed E-state index contributed by atoms with van der Waals surface area (Å²) in [5.41, 5.74) is 3.32. The highest BCUT2D eigenvalue weighted by atomic mass is 16.7. The Bertz CT molecular complexity index is 983. The van der Waals surface area contributed by atoms with Crippen LogP contribution in [0.15, 0.2) is 60.8 Å². The molecule has 0 fully saturated rings. The van der Waals surface area contributed by atoms with E-state index in [1.165, 1.54) is 5.56 Å². The third-order valence-electron chi connectivity index (χ3n) is 4.51. The molecule has 0 aliphatic carbocycles. The molecule has 0 unspecified atom stereocenters. The molecule has 3 aromatic rings. The molecule has 1 aliphatic rings. The predicted octanol–water partition coefficient (Wildman–Crippen LogP) is 4.93. The van der Waals surface area contributed by atoms with Crippen LogP contribution in [-0.2, 0) is 0 Å². The predicted molar refractivity (Wildman–Crippen MR) is 109 cm³/mol. The van der Waals surface area contributed by atoms with E-state index in [1.807, 2.05) is 42.5 Å². The minimum atomic E-state index is -0.195. The third-order valence-corrected chi connectivity index (χ3v) is 4.51. The van der Waals surface area contributed by atoms with Crippen molar-refractivity contribution >= 4 is 23.1 Å². The van der Waals surface area contributed by atoms with Gasteiger partial charge < -0.3 is 20.1 Å². The number of anilines is 3. The quantitative estimate of drug-likeness (QED) is 0.661. The number of carbonyl (C=O) groups excluding carboxylic acids is 1. The van der Waals surface area contributed by atoms with Crippen molar-refractivity contribution in [3.05, 3.63) is 71.9 Å². The molecule has 2 N–H and O–H groups in total. The third kappa shape index (κ3) is 3.91. The second kappa shape index (κ2) is 7.60. The highest BCUT2D eigenvalue weighted by Gasteiger charge is 2.13. The number of ether oxygens (including phenoxy) is 2. The van der Waals surface area contributed by atoms with E-state index >= 15 is 0 Å². The van der Waals surface area contributed by atoms with Crippen molar-refractivity contribution in [1.82, 2.24) is 4.98 Å². The molecule has 4 rings (SSSR count). The van der Waals surface area contributed by atoms with Gasteiger partial charge in [-0.2, -0.15) is 0 Å². The lowest BCUT2D eigenvalue weighted by Gasteiger charge is -2.09. The van der Waals surface area contributed by atoms with Crippen molar-refractivity contribution in [1.29, 1.82) is 0 Å². The fourth-order valence-corrected chi connectivity index (χ4v) is 2.88. The Morgan fingerprint density at radius 3 is 2.43 bits per heavy atom. The first-order chi connectivity index (χ1) is 13.6. The zero-order valence-corrected chi connectivity index (χ0v) is 15.7. The number of nitrogens with zero attached hydrogens (tertiary/aromatic N) is 1. The van der Waals surface area contributed by atoms with Gasteiger partial charge in [-0.1, -0.05) is 26.0 Å². The lowest BCUT2D eigenvalue weighted by Crippen LogP contribution is -2.12. The van der Waals surface area contributed by atoms with Crippen LogP contribution in [0.2, 0.25) is 0 Å². The van der Waals surface area contributed by atoms with Gasteiger partial charge in [-0.05, 0) is 47.9 Å². The maximum absolute atomic E-state index is 12.4. The Labute approximate surface area is 163 Å². The SMILES string of the molecule is CC(C)c1ccc(NC(=O)c2ccc(Nc3ccc4c(c3)OCO4)nc2)cc1.